The first-order chi connectivity index (χ1) is 12.6. The summed E-state index contributed by atoms with van der Waals surface area (Å²) in [4.78, 5) is 8.86. The number of hydrogen-bond donors (Lipinski definition) is 2. The molecule has 0 radical (unpaired) electrons. The number of nitrogens with one attached hydrogen (secondary N) is 2. The highest BCUT2D eigenvalue weighted by Crippen LogP contribution is 2.19. The van der Waals surface area contributed by atoms with E-state index in [0.717, 1.165) is 12.0 Å². The van der Waals surface area contributed by atoms with Gasteiger partial charge in [-0.2, -0.15) is 4.98 Å². The number of guanidine groups is 1. The van der Waals surface area contributed by atoms with Crippen LogP contribution in [0.1, 0.15) is 38.0 Å². The van der Waals surface area contributed by atoms with E-state index in [2.05, 4.69) is 25.8 Å². The summed E-state index contributed by atoms with van der Waals surface area (Å²) in [6.07, 6.45) is 1.94. The molecule has 2 N–H and O–H groups in total. The molecule has 0 spiro atoms. The molecule has 1 aromatic carbocycles. The van der Waals surface area contributed by atoms with Gasteiger partial charge in [-0.05, 0) is 24.1 Å². The summed E-state index contributed by atoms with van der Waals surface area (Å²) < 4.78 is 28.2. The average molecular weight is 521 g/mol. The van der Waals surface area contributed by atoms with E-state index in [4.69, 9.17) is 4.52 Å². The van der Waals surface area contributed by atoms with Gasteiger partial charge in [0.05, 0.1) is 11.4 Å². The van der Waals surface area contributed by atoms with Crippen LogP contribution >= 0.6 is 24.0 Å². The number of hydrogen-bond acceptors (Lipinski definition) is 6. The van der Waals surface area contributed by atoms with Gasteiger partial charge in [-0.25, -0.2) is 8.42 Å². The first-order valence-corrected chi connectivity index (χ1v) is 10.6. The fraction of sp³-hybridized carbons (Fsp3) is 0.500. The predicted octanol–water partition coefficient (Wildman–Crippen LogP) is 2.30. The molecule has 2 aromatic rings. The van der Waals surface area contributed by atoms with Crippen molar-refractivity contribution < 1.29 is 12.9 Å². The Morgan fingerprint density at radius 1 is 1.18 bits per heavy atom. The van der Waals surface area contributed by atoms with Gasteiger partial charge in [0, 0.05) is 25.3 Å². The second-order valence-corrected chi connectivity index (χ2v) is 9.30. The van der Waals surface area contributed by atoms with E-state index in [1.807, 2.05) is 32.9 Å². The fourth-order valence-corrected chi connectivity index (χ4v) is 2.87. The largest absolute Gasteiger partial charge is 0.356 e. The minimum atomic E-state index is -3.16. The summed E-state index contributed by atoms with van der Waals surface area (Å²) in [7, 11) is -1.48. The number of sulfone groups is 1. The van der Waals surface area contributed by atoms with Crippen LogP contribution in [0.2, 0.25) is 0 Å². The molecule has 0 aliphatic carbocycles. The molecule has 2 rings (SSSR count). The van der Waals surface area contributed by atoms with Crippen LogP contribution in [0.5, 0.6) is 0 Å². The molecule has 0 saturated heterocycles. The first kappa shape index (κ1) is 24.3. The average Bonchev–Trinajstić information content (AvgIpc) is 3.07. The monoisotopic (exact) mass is 521 g/mol. The van der Waals surface area contributed by atoms with E-state index >= 15 is 0 Å². The van der Waals surface area contributed by atoms with Crippen molar-refractivity contribution in [1.82, 2.24) is 20.8 Å². The second-order valence-electron chi connectivity index (χ2n) is 7.28. The van der Waals surface area contributed by atoms with E-state index in [0.29, 0.717) is 35.7 Å². The zero-order valence-corrected chi connectivity index (χ0v) is 20.0. The second kappa shape index (κ2) is 10.2. The van der Waals surface area contributed by atoms with Gasteiger partial charge < -0.3 is 15.2 Å². The van der Waals surface area contributed by atoms with Gasteiger partial charge in [-0.15, -0.1) is 24.0 Å². The Hall–Kier alpha value is -1.69. The topological polar surface area (TPSA) is 109 Å². The van der Waals surface area contributed by atoms with Crippen LogP contribution in [0, 0.1) is 0 Å². The van der Waals surface area contributed by atoms with E-state index in [1.54, 1.807) is 19.2 Å². The predicted molar refractivity (Wildman–Crippen MR) is 120 cm³/mol. The van der Waals surface area contributed by atoms with Crippen molar-refractivity contribution >= 4 is 39.8 Å². The summed E-state index contributed by atoms with van der Waals surface area (Å²) in [6, 6.07) is 6.89. The molecule has 1 aromatic heterocycles. The molecule has 10 heteroatoms. The summed E-state index contributed by atoms with van der Waals surface area (Å²) >= 11 is 0. The van der Waals surface area contributed by atoms with Crippen molar-refractivity contribution in [3.05, 3.63) is 41.5 Å². The van der Waals surface area contributed by atoms with Crippen molar-refractivity contribution in [3.8, 4) is 0 Å². The summed E-state index contributed by atoms with van der Waals surface area (Å²) in [5.41, 5.74) is 0.857. The van der Waals surface area contributed by atoms with Gasteiger partial charge in [-0.3, -0.25) is 4.99 Å². The molecule has 8 nitrogen and oxygen atoms in total. The number of benzene rings is 1. The highest BCUT2D eigenvalue weighted by atomic mass is 127. The highest BCUT2D eigenvalue weighted by molar-refractivity contribution is 14.0. The van der Waals surface area contributed by atoms with Crippen LogP contribution in [0.4, 0.5) is 0 Å². The molecule has 0 saturated carbocycles. The van der Waals surface area contributed by atoms with Crippen LogP contribution in [-0.4, -0.2) is 44.4 Å². The molecule has 0 amide bonds. The van der Waals surface area contributed by atoms with E-state index in [1.165, 1.54) is 6.26 Å². The maximum absolute atomic E-state index is 11.5. The van der Waals surface area contributed by atoms with E-state index in [9.17, 15) is 8.42 Å². The first-order valence-electron chi connectivity index (χ1n) is 8.66. The SMILES string of the molecule is CN=C(NCCc1ccc(S(C)(=O)=O)cc1)NCc1noc(C(C)(C)C)n1.I. The summed E-state index contributed by atoms with van der Waals surface area (Å²) in [6.45, 7) is 7.10. The molecular weight excluding hydrogens is 493 g/mol. The molecule has 1 heterocycles. The van der Waals surface area contributed by atoms with Crippen LogP contribution in [-0.2, 0) is 28.2 Å². The van der Waals surface area contributed by atoms with Gasteiger partial charge in [-0.1, -0.05) is 38.1 Å². The Labute approximate surface area is 183 Å². The molecule has 28 heavy (non-hydrogen) atoms. The van der Waals surface area contributed by atoms with Crippen molar-refractivity contribution in [2.75, 3.05) is 19.8 Å². The lowest BCUT2D eigenvalue weighted by molar-refractivity contribution is 0.318. The van der Waals surface area contributed by atoms with Crippen LogP contribution in [0.15, 0.2) is 38.7 Å². The quantitative estimate of drug-likeness (QED) is 0.341. The van der Waals surface area contributed by atoms with E-state index < -0.39 is 9.84 Å². The van der Waals surface area contributed by atoms with Crippen LogP contribution in [0.3, 0.4) is 0 Å². The minimum Gasteiger partial charge on any atom is -0.356 e. The zero-order chi connectivity index (χ0) is 20.1. The third kappa shape index (κ3) is 7.38. The van der Waals surface area contributed by atoms with Gasteiger partial charge in [0.25, 0.3) is 0 Å². The number of rotatable bonds is 6. The highest BCUT2D eigenvalue weighted by Gasteiger charge is 2.21. The Bertz CT molecular complexity index is 887. The Morgan fingerprint density at radius 3 is 2.32 bits per heavy atom. The minimum absolute atomic E-state index is 0. The Morgan fingerprint density at radius 2 is 1.82 bits per heavy atom. The zero-order valence-electron chi connectivity index (χ0n) is 16.8. The van der Waals surface area contributed by atoms with Gasteiger partial charge >= 0.3 is 0 Å². The Kier molecular flexibility index (Phi) is 8.86. The molecule has 0 aliphatic heterocycles. The molecule has 0 unspecified atom stereocenters. The number of nitrogens with zero attached hydrogens (tertiary/aromatic N) is 3. The van der Waals surface area contributed by atoms with Gasteiger partial charge in [0.2, 0.25) is 5.89 Å². The number of halogens is 1. The number of aromatic nitrogens is 2. The maximum Gasteiger partial charge on any atom is 0.232 e. The smallest absolute Gasteiger partial charge is 0.232 e. The third-order valence-corrected chi connectivity index (χ3v) is 4.93. The lowest BCUT2D eigenvalue weighted by atomic mass is 9.97. The van der Waals surface area contributed by atoms with Crippen molar-refractivity contribution in [3.63, 3.8) is 0 Å². The van der Waals surface area contributed by atoms with Gasteiger partial charge in [0.1, 0.15) is 0 Å². The Balaban J connectivity index is 0.00000392. The van der Waals surface area contributed by atoms with Crippen LogP contribution < -0.4 is 10.6 Å². The van der Waals surface area contributed by atoms with E-state index in [-0.39, 0.29) is 29.4 Å². The van der Waals surface area contributed by atoms with Crippen molar-refractivity contribution in [2.45, 2.75) is 44.0 Å². The maximum atomic E-state index is 11.5. The molecule has 0 atom stereocenters. The molecule has 0 fully saturated rings. The van der Waals surface area contributed by atoms with Crippen molar-refractivity contribution in [1.29, 1.82) is 0 Å². The molecule has 0 bridgehead atoms. The summed E-state index contributed by atoms with van der Waals surface area (Å²) in [5.74, 6) is 1.80. The van der Waals surface area contributed by atoms with Crippen molar-refractivity contribution in [2.24, 2.45) is 4.99 Å². The number of aliphatic imine (C=N–C) groups is 1. The van der Waals surface area contributed by atoms with Crippen LogP contribution in [0.25, 0.3) is 0 Å². The third-order valence-electron chi connectivity index (χ3n) is 3.80. The molecular formula is C18H28IN5O3S. The molecule has 0 aliphatic rings. The standard InChI is InChI=1S/C18H27N5O3S.HI/c1-18(2,3)16-22-15(23-26-16)12-21-17(19-4)20-11-10-13-6-8-14(9-7-13)27(5,24)25;/h6-9H,10-12H2,1-5H3,(H2,19,20,21);1H. The fourth-order valence-electron chi connectivity index (χ4n) is 2.24. The lowest BCUT2D eigenvalue weighted by Crippen LogP contribution is -2.38. The van der Waals surface area contributed by atoms with Gasteiger partial charge in [0.15, 0.2) is 21.6 Å². The summed E-state index contributed by atoms with van der Waals surface area (Å²) in [5, 5.41) is 10.3. The lowest BCUT2D eigenvalue weighted by Gasteiger charge is -2.11. The normalized spacial score (nSPS) is 12.4. The molecule has 156 valence electrons.